The van der Waals surface area contributed by atoms with E-state index < -0.39 is 0 Å². The Hall–Kier alpha value is -0.240. The van der Waals surface area contributed by atoms with Crippen molar-refractivity contribution >= 4 is 17.5 Å². The second-order valence-electron chi connectivity index (χ2n) is 4.74. The van der Waals surface area contributed by atoms with E-state index in [0.29, 0.717) is 5.92 Å². The monoisotopic (exact) mass is 217 g/mol. The third-order valence-corrected chi connectivity index (χ3v) is 3.45. The van der Waals surface area contributed by atoms with E-state index in [0.717, 1.165) is 0 Å². The molecule has 0 saturated heterocycles. The van der Waals surface area contributed by atoms with E-state index in [4.69, 9.17) is 11.6 Å². The van der Waals surface area contributed by atoms with Crippen LogP contribution in [0.1, 0.15) is 46.0 Å². The van der Waals surface area contributed by atoms with Crippen molar-refractivity contribution < 1.29 is 4.79 Å². The number of hydrogen-bond donors (Lipinski definition) is 1. The highest BCUT2D eigenvalue weighted by Crippen LogP contribution is 2.32. The van der Waals surface area contributed by atoms with Gasteiger partial charge in [-0.3, -0.25) is 4.79 Å². The number of alkyl halides is 1. The van der Waals surface area contributed by atoms with Gasteiger partial charge in [-0.2, -0.15) is 0 Å². The van der Waals surface area contributed by atoms with Crippen molar-refractivity contribution in [2.45, 2.75) is 51.5 Å². The van der Waals surface area contributed by atoms with E-state index >= 15 is 0 Å². The van der Waals surface area contributed by atoms with E-state index in [1.54, 1.807) is 0 Å². The second-order valence-corrected chi connectivity index (χ2v) is 5.01. The van der Waals surface area contributed by atoms with Crippen molar-refractivity contribution in [3.05, 3.63) is 0 Å². The molecule has 0 aliphatic heterocycles. The first-order valence-corrected chi connectivity index (χ1v) is 5.96. The summed E-state index contributed by atoms with van der Waals surface area (Å²) in [5.74, 6) is 0.626. The molecule has 0 bridgehead atoms. The van der Waals surface area contributed by atoms with Gasteiger partial charge < -0.3 is 5.32 Å². The van der Waals surface area contributed by atoms with Gasteiger partial charge in [0.2, 0.25) is 5.91 Å². The van der Waals surface area contributed by atoms with Crippen LogP contribution in [0.3, 0.4) is 0 Å². The summed E-state index contributed by atoms with van der Waals surface area (Å²) in [7, 11) is 0. The average molecular weight is 218 g/mol. The lowest BCUT2D eigenvalue weighted by Gasteiger charge is -2.37. The highest BCUT2D eigenvalue weighted by molar-refractivity contribution is 6.27. The molecule has 1 fully saturated rings. The maximum atomic E-state index is 11.2. The zero-order chi connectivity index (χ0) is 10.6. The van der Waals surface area contributed by atoms with Gasteiger partial charge in [0.05, 0.1) is 0 Å². The van der Waals surface area contributed by atoms with Crippen LogP contribution in [0.4, 0.5) is 0 Å². The molecule has 2 nitrogen and oxygen atoms in total. The Bertz CT molecular complexity index is 197. The van der Waals surface area contributed by atoms with Crippen LogP contribution in [0.2, 0.25) is 0 Å². The van der Waals surface area contributed by atoms with Crippen LogP contribution in [0.25, 0.3) is 0 Å². The molecule has 0 aromatic heterocycles. The van der Waals surface area contributed by atoms with Gasteiger partial charge in [-0.15, -0.1) is 11.6 Å². The topological polar surface area (TPSA) is 29.1 Å². The molecule has 3 heteroatoms. The highest BCUT2D eigenvalue weighted by Gasteiger charge is 2.31. The van der Waals surface area contributed by atoms with Crippen LogP contribution in [0.15, 0.2) is 0 Å². The average Bonchev–Trinajstić information content (AvgIpc) is 2.18. The summed E-state index contributed by atoms with van der Waals surface area (Å²) in [6.45, 7) is 4.21. The Morgan fingerprint density at radius 1 is 1.36 bits per heavy atom. The first-order valence-electron chi connectivity index (χ1n) is 5.43. The molecule has 0 atom stereocenters. The van der Waals surface area contributed by atoms with Gasteiger partial charge in [-0.05, 0) is 32.6 Å². The van der Waals surface area contributed by atoms with Gasteiger partial charge in [0.25, 0.3) is 0 Å². The predicted octanol–water partition coefficient (Wildman–Crippen LogP) is 2.70. The minimum absolute atomic E-state index is 0.0535. The normalized spacial score (nSPS) is 19.4. The van der Waals surface area contributed by atoms with Crippen LogP contribution in [0.5, 0.6) is 0 Å². The maximum Gasteiger partial charge on any atom is 0.235 e. The summed E-state index contributed by atoms with van der Waals surface area (Å²) in [5.41, 5.74) is -0.0909. The molecule has 0 radical (unpaired) electrons. The van der Waals surface area contributed by atoms with Crippen LogP contribution in [-0.4, -0.2) is 17.3 Å². The molecule has 0 unspecified atom stereocenters. The Labute approximate surface area is 91.4 Å². The van der Waals surface area contributed by atoms with E-state index in [9.17, 15) is 4.79 Å². The Balaban J connectivity index is 2.49. The standard InChI is InChI=1S/C11H20ClNO/c1-11(2,13-10(14)8-12)9-6-4-3-5-7-9/h9H,3-8H2,1-2H3,(H,13,14). The molecule has 1 aliphatic rings. The number of carbonyl (C=O) groups excluding carboxylic acids is 1. The molecule has 1 N–H and O–H groups in total. The van der Waals surface area contributed by atoms with E-state index in [2.05, 4.69) is 19.2 Å². The molecular formula is C11H20ClNO. The number of nitrogens with one attached hydrogen (secondary N) is 1. The first-order chi connectivity index (χ1) is 6.56. The Morgan fingerprint density at radius 2 is 1.93 bits per heavy atom. The fourth-order valence-electron chi connectivity index (χ4n) is 2.32. The lowest BCUT2D eigenvalue weighted by atomic mass is 9.77. The molecule has 1 amide bonds. The molecule has 14 heavy (non-hydrogen) atoms. The molecular weight excluding hydrogens is 198 g/mol. The Kier molecular flexibility index (Phi) is 4.24. The fourth-order valence-corrected chi connectivity index (χ4v) is 2.39. The summed E-state index contributed by atoms with van der Waals surface area (Å²) in [6, 6.07) is 0. The van der Waals surface area contributed by atoms with Crippen molar-refractivity contribution in [3.8, 4) is 0 Å². The Morgan fingerprint density at radius 3 is 2.43 bits per heavy atom. The molecule has 0 aromatic rings. The smallest absolute Gasteiger partial charge is 0.235 e. The van der Waals surface area contributed by atoms with Crippen molar-refractivity contribution in [2.75, 3.05) is 5.88 Å². The number of halogens is 1. The van der Waals surface area contributed by atoms with Crippen molar-refractivity contribution in [1.82, 2.24) is 5.32 Å². The molecule has 82 valence electrons. The lowest BCUT2D eigenvalue weighted by molar-refractivity contribution is -0.121. The third-order valence-electron chi connectivity index (χ3n) is 3.21. The van der Waals surface area contributed by atoms with Gasteiger partial charge in [0.1, 0.15) is 5.88 Å². The summed E-state index contributed by atoms with van der Waals surface area (Å²) in [4.78, 5) is 11.2. The number of rotatable bonds is 3. The van der Waals surface area contributed by atoms with Crippen LogP contribution >= 0.6 is 11.6 Å². The number of carbonyl (C=O) groups is 1. The molecule has 0 aromatic carbocycles. The van der Waals surface area contributed by atoms with E-state index in [1.807, 2.05) is 0 Å². The molecule has 1 saturated carbocycles. The minimum Gasteiger partial charge on any atom is -0.350 e. The van der Waals surface area contributed by atoms with Crippen LogP contribution in [0, 0.1) is 5.92 Å². The van der Waals surface area contributed by atoms with Gasteiger partial charge >= 0.3 is 0 Å². The second kappa shape index (κ2) is 5.01. The summed E-state index contributed by atoms with van der Waals surface area (Å²) < 4.78 is 0. The van der Waals surface area contributed by atoms with Crippen molar-refractivity contribution in [3.63, 3.8) is 0 Å². The van der Waals surface area contributed by atoms with E-state index in [-0.39, 0.29) is 17.3 Å². The largest absolute Gasteiger partial charge is 0.350 e. The molecule has 1 rings (SSSR count). The number of amides is 1. The van der Waals surface area contributed by atoms with Crippen LogP contribution in [-0.2, 0) is 4.79 Å². The quantitative estimate of drug-likeness (QED) is 0.724. The van der Waals surface area contributed by atoms with Crippen molar-refractivity contribution in [1.29, 1.82) is 0 Å². The highest BCUT2D eigenvalue weighted by atomic mass is 35.5. The van der Waals surface area contributed by atoms with Gasteiger partial charge in [-0.25, -0.2) is 0 Å². The fraction of sp³-hybridized carbons (Fsp3) is 0.909. The zero-order valence-corrected chi connectivity index (χ0v) is 9.86. The summed E-state index contributed by atoms with van der Waals surface area (Å²) >= 11 is 5.48. The van der Waals surface area contributed by atoms with Crippen molar-refractivity contribution in [2.24, 2.45) is 5.92 Å². The van der Waals surface area contributed by atoms with Gasteiger partial charge in [0.15, 0.2) is 0 Å². The lowest BCUT2D eigenvalue weighted by Crippen LogP contribution is -2.50. The summed E-state index contributed by atoms with van der Waals surface area (Å²) in [6.07, 6.45) is 6.40. The first kappa shape index (κ1) is 11.8. The minimum atomic E-state index is -0.0909. The van der Waals surface area contributed by atoms with Gasteiger partial charge in [0, 0.05) is 5.54 Å². The number of hydrogen-bond acceptors (Lipinski definition) is 1. The predicted molar refractivity (Wildman–Crippen MR) is 59.5 cm³/mol. The molecule has 0 spiro atoms. The van der Waals surface area contributed by atoms with Crippen LogP contribution < -0.4 is 5.32 Å². The SMILES string of the molecule is CC(C)(NC(=O)CCl)C1CCCCC1. The summed E-state index contributed by atoms with van der Waals surface area (Å²) in [5, 5.41) is 3.00. The third kappa shape index (κ3) is 3.16. The zero-order valence-electron chi connectivity index (χ0n) is 9.11. The molecule has 0 heterocycles. The van der Waals surface area contributed by atoms with E-state index in [1.165, 1.54) is 32.1 Å². The maximum absolute atomic E-state index is 11.2. The van der Waals surface area contributed by atoms with Gasteiger partial charge in [-0.1, -0.05) is 19.3 Å². The molecule has 1 aliphatic carbocycles.